The Labute approximate surface area is 172 Å². The van der Waals surface area contributed by atoms with E-state index >= 15 is 0 Å². The van der Waals surface area contributed by atoms with Gasteiger partial charge in [0.2, 0.25) is 0 Å². The normalized spacial score (nSPS) is 17.4. The first-order valence-electron chi connectivity index (χ1n) is 11.9. The number of carboxylic acids is 1. The van der Waals surface area contributed by atoms with Gasteiger partial charge >= 0.3 is 11.9 Å². The summed E-state index contributed by atoms with van der Waals surface area (Å²) in [6, 6.07) is 0. The van der Waals surface area contributed by atoms with Gasteiger partial charge in [-0.1, -0.05) is 91.4 Å². The smallest absolute Gasteiger partial charge is 0.323 e. The van der Waals surface area contributed by atoms with Crippen molar-refractivity contribution < 1.29 is 19.4 Å². The van der Waals surface area contributed by atoms with Gasteiger partial charge in [-0.2, -0.15) is 0 Å². The number of carbonyl (C=O) groups is 2. The molecule has 0 heterocycles. The zero-order valence-electron chi connectivity index (χ0n) is 18.6. The Kier molecular flexibility index (Phi) is 12.5. The third kappa shape index (κ3) is 8.96. The lowest BCUT2D eigenvalue weighted by Crippen LogP contribution is -2.43. The number of aliphatic carboxylic acids is 1. The summed E-state index contributed by atoms with van der Waals surface area (Å²) in [6.07, 6.45) is 15.9. The zero-order valence-corrected chi connectivity index (χ0v) is 18.6. The fourth-order valence-corrected chi connectivity index (χ4v) is 4.25. The molecule has 0 bridgehead atoms. The second-order valence-electron chi connectivity index (χ2n) is 9.21. The van der Waals surface area contributed by atoms with E-state index in [1.807, 2.05) is 0 Å². The molecule has 4 heteroatoms. The van der Waals surface area contributed by atoms with Crippen LogP contribution in [0.25, 0.3) is 0 Å². The molecule has 0 aromatic carbocycles. The van der Waals surface area contributed by atoms with Gasteiger partial charge in [0, 0.05) is 0 Å². The summed E-state index contributed by atoms with van der Waals surface area (Å²) >= 11 is 0. The Hall–Kier alpha value is -1.06. The second-order valence-corrected chi connectivity index (χ2v) is 9.21. The van der Waals surface area contributed by atoms with Gasteiger partial charge in [-0.05, 0) is 38.0 Å². The maximum absolute atomic E-state index is 12.8. The van der Waals surface area contributed by atoms with Gasteiger partial charge in [0.1, 0.15) is 6.10 Å². The van der Waals surface area contributed by atoms with E-state index in [-0.39, 0.29) is 6.10 Å². The molecule has 1 aliphatic rings. The molecule has 164 valence electrons. The van der Waals surface area contributed by atoms with Crippen molar-refractivity contribution >= 4 is 11.9 Å². The summed E-state index contributed by atoms with van der Waals surface area (Å²) in [6.45, 7) is 6.69. The number of ether oxygens (including phenoxy) is 1. The molecule has 1 saturated carbocycles. The van der Waals surface area contributed by atoms with Gasteiger partial charge < -0.3 is 9.84 Å². The van der Waals surface area contributed by atoms with Crippen LogP contribution in [-0.4, -0.2) is 23.1 Å². The molecule has 0 amide bonds. The lowest BCUT2D eigenvalue weighted by atomic mass is 9.74. The average Bonchev–Trinajstić information content (AvgIpc) is 2.67. The van der Waals surface area contributed by atoms with E-state index in [0.29, 0.717) is 12.8 Å². The largest absolute Gasteiger partial charge is 0.480 e. The number of hydrogen-bond acceptors (Lipinski definition) is 3. The van der Waals surface area contributed by atoms with Gasteiger partial charge in [0.25, 0.3) is 0 Å². The Bertz CT molecular complexity index is 438. The molecule has 0 radical (unpaired) electrons. The predicted octanol–water partition coefficient (Wildman–Crippen LogP) is 6.90. The first-order valence-corrected chi connectivity index (χ1v) is 11.9. The molecular formula is C24H44O4. The maximum atomic E-state index is 12.8. The van der Waals surface area contributed by atoms with Gasteiger partial charge in [-0.15, -0.1) is 0 Å². The third-order valence-electron chi connectivity index (χ3n) is 6.22. The summed E-state index contributed by atoms with van der Waals surface area (Å²) in [5, 5.41) is 9.70. The highest BCUT2D eigenvalue weighted by Gasteiger charge is 2.48. The molecule has 0 aromatic heterocycles. The van der Waals surface area contributed by atoms with E-state index < -0.39 is 17.4 Å². The lowest BCUT2D eigenvalue weighted by molar-refractivity contribution is -0.175. The van der Waals surface area contributed by atoms with Crippen LogP contribution in [0, 0.1) is 11.3 Å². The van der Waals surface area contributed by atoms with Gasteiger partial charge in [-0.3, -0.25) is 9.59 Å². The van der Waals surface area contributed by atoms with Crippen molar-refractivity contribution in [2.75, 3.05) is 0 Å². The fourth-order valence-electron chi connectivity index (χ4n) is 4.25. The fraction of sp³-hybridized carbons (Fsp3) is 0.917. The highest BCUT2D eigenvalue weighted by atomic mass is 16.5. The van der Waals surface area contributed by atoms with Crippen molar-refractivity contribution in [2.24, 2.45) is 11.3 Å². The summed E-state index contributed by atoms with van der Waals surface area (Å²) < 4.78 is 5.81. The second kappa shape index (κ2) is 14.0. The van der Waals surface area contributed by atoms with Crippen molar-refractivity contribution in [1.82, 2.24) is 0 Å². The lowest BCUT2D eigenvalue weighted by Gasteiger charge is -2.32. The predicted molar refractivity (Wildman–Crippen MR) is 114 cm³/mol. The van der Waals surface area contributed by atoms with Crippen molar-refractivity contribution in [1.29, 1.82) is 0 Å². The van der Waals surface area contributed by atoms with Crippen LogP contribution in [0.5, 0.6) is 0 Å². The number of carboxylic acid groups (broad SMARTS) is 1. The minimum absolute atomic E-state index is 0.119. The summed E-state index contributed by atoms with van der Waals surface area (Å²) in [5.74, 6) is -0.672. The van der Waals surface area contributed by atoms with E-state index in [1.165, 1.54) is 38.5 Å². The van der Waals surface area contributed by atoms with Crippen molar-refractivity contribution in [3.63, 3.8) is 0 Å². The van der Waals surface area contributed by atoms with Crippen LogP contribution in [0.2, 0.25) is 0 Å². The van der Waals surface area contributed by atoms with E-state index in [1.54, 1.807) is 0 Å². The van der Waals surface area contributed by atoms with Gasteiger partial charge in [0.15, 0.2) is 5.41 Å². The average molecular weight is 397 g/mol. The monoisotopic (exact) mass is 396 g/mol. The summed E-state index contributed by atoms with van der Waals surface area (Å²) in [5.41, 5.74) is -1.29. The number of hydrogen-bond donors (Lipinski definition) is 1. The van der Waals surface area contributed by atoms with Crippen LogP contribution >= 0.6 is 0 Å². The highest BCUT2D eigenvalue weighted by molar-refractivity contribution is 5.99. The number of rotatable bonds is 15. The standard InChI is InChI=1S/C24H44O4/c1-4-5-16-21(17-12-9-7-6-8-11-15-20(2)3)28-23(27)24(22(25)26)18-13-10-14-19-24/h20-21H,4-19H2,1-3H3,(H,25,26). The molecule has 1 fully saturated rings. The Morgan fingerprint density at radius 2 is 1.39 bits per heavy atom. The van der Waals surface area contributed by atoms with E-state index in [0.717, 1.165) is 57.3 Å². The van der Waals surface area contributed by atoms with Crippen molar-refractivity contribution in [3.8, 4) is 0 Å². The van der Waals surface area contributed by atoms with Crippen molar-refractivity contribution in [3.05, 3.63) is 0 Å². The van der Waals surface area contributed by atoms with Crippen LogP contribution in [0.3, 0.4) is 0 Å². The topological polar surface area (TPSA) is 63.6 Å². The quantitative estimate of drug-likeness (QED) is 0.186. The number of carbonyl (C=O) groups excluding carboxylic acids is 1. The molecule has 0 aliphatic heterocycles. The molecule has 4 nitrogen and oxygen atoms in total. The molecule has 28 heavy (non-hydrogen) atoms. The molecule has 0 aromatic rings. The Balaban J connectivity index is 2.40. The van der Waals surface area contributed by atoms with Crippen LogP contribution in [0.15, 0.2) is 0 Å². The molecule has 1 rings (SSSR count). The van der Waals surface area contributed by atoms with Crippen LogP contribution in [0.4, 0.5) is 0 Å². The first-order chi connectivity index (χ1) is 13.4. The molecular weight excluding hydrogens is 352 g/mol. The Morgan fingerprint density at radius 1 is 0.857 bits per heavy atom. The summed E-state index contributed by atoms with van der Waals surface area (Å²) in [4.78, 5) is 24.6. The van der Waals surface area contributed by atoms with E-state index in [2.05, 4.69) is 20.8 Å². The highest BCUT2D eigenvalue weighted by Crippen LogP contribution is 2.38. The SMILES string of the molecule is CCCCC(CCCCCCCCC(C)C)OC(=O)C1(C(=O)O)CCCCC1. The number of esters is 1. The Morgan fingerprint density at radius 3 is 1.93 bits per heavy atom. The molecule has 1 aliphatic carbocycles. The molecule has 1 unspecified atom stereocenters. The zero-order chi connectivity index (χ0) is 20.8. The molecule has 1 N–H and O–H groups in total. The third-order valence-corrected chi connectivity index (χ3v) is 6.22. The van der Waals surface area contributed by atoms with Crippen LogP contribution in [0.1, 0.15) is 124 Å². The number of unbranched alkanes of at least 4 members (excludes halogenated alkanes) is 6. The van der Waals surface area contributed by atoms with Gasteiger partial charge in [0.05, 0.1) is 0 Å². The van der Waals surface area contributed by atoms with Crippen LogP contribution < -0.4 is 0 Å². The minimum Gasteiger partial charge on any atom is -0.480 e. The molecule has 0 spiro atoms. The molecule has 1 atom stereocenters. The van der Waals surface area contributed by atoms with Gasteiger partial charge in [-0.25, -0.2) is 0 Å². The first kappa shape index (κ1) is 25.0. The minimum atomic E-state index is -1.29. The van der Waals surface area contributed by atoms with Crippen LogP contribution in [-0.2, 0) is 14.3 Å². The molecule has 0 saturated heterocycles. The van der Waals surface area contributed by atoms with E-state index in [9.17, 15) is 14.7 Å². The maximum Gasteiger partial charge on any atom is 0.323 e. The summed E-state index contributed by atoms with van der Waals surface area (Å²) in [7, 11) is 0. The van der Waals surface area contributed by atoms with Crippen molar-refractivity contribution in [2.45, 2.75) is 130 Å². The van der Waals surface area contributed by atoms with E-state index in [4.69, 9.17) is 4.74 Å².